The number of nitriles is 1. The van der Waals surface area contributed by atoms with E-state index in [1.807, 2.05) is 30.3 Å². The fourth-order valence-electron chi connectivity index (χ4n) is 2.36. The van der Waals surface area contributed by atoms with Gasteiger partial charge < -0.3 is 0 Å². The van der Waals surface area contributed by atoms with Crippen molar-refractivity contribution in [2.24, 2.45) is 0 Å². The second-order valence-electron chi connectivity index (χ2n) is 4.90. The minimum atomic E-state index is -0.292. The quantitative estimate of drug-likeness (QED) is 0.558. The molecule has 0 saturated carbocycles. The lowest BCUT2D eigenvalue weighted by Gasteiger charge is -1.97. The summed E-state index contributed by atoms with van der Waals surface area (Å²) in [7, 11) is 0. The highest BCUT2D eigenvalue weighted by Crippen LogP contribution is 2.30. The van der Waals surface area contributed by atoms with Crippen LogP contribution in [0.2, 0.25) is 0 Å². The molecule has 23 heavy (non-hydrogen) atoms. The zero-order valence-corrected chi connectivity index (χ0v) is 12.6. The summed E-state index contributed by atoms with van der Waals surface area (Å²) < 4.78 is 14.6. The Balaban J connectivity index is 1.87. The van der Waals surface area contributed by atoms with Gasteiger partial charge in [-0.2, -0.15) is 14.9 Å². The van der Waals surface area contributed by atoms with Crippen LogP contribution in [0.25, 0.3) is 26.8 Å². The Bertz CT molecular complexity index is 1030. The molecule has 6 heteroatoms. The minimum absolute atomic E-state index is 0.292. The highest BCUT2D eigenvalue weighted by Gasteiger charge is 2.18. The normalized spacial score (nSPS) is 10.8. The van der Waals surface area contributed by atoms with Crippen LogP contribution >= 0.6 is 11.3 Å². The van der Waals surface area contributed by atoms with E-state index in [-0.39, 0.29) is 5.82 Å². The Hall–Kier alpha value is -3.04. The Morgan fingerprint density at radius 1 is 1.00 bits per heavy atom. The molecule has 4 nitrogen and oxygen atoms in total. The van der Waals surface area contributed by atoms with Crippen LogP contribution in [0.1, 0.15) is 5.69 Å². The van der Waals surface area contributed by atoms with Crippen LogP contribution in [-0.2, 0) is 0 Å². The molecule has 0 unspecified atom stereocenters. The first-order valence-corrected chi connectivity index (χ1v) is 7.69. The molecule has 0 aliphatic carbocycles. The van der Waals surface area contributed by atoms with Gasteiger partial charge in [0.25, 0.3) is 0 Å². The Morgan fingerprint density at radius 2 is 1.74 bits per heavy atom. The van der Waals surface area contributed by atoms with Gasteiger partial charge in [0.2, 0.25) is 4.96 Å². The van der Waals surface area contributed by atoms with Crippen molar-refractivity contribution in [3.63, 3.8) is 0 Å². The predicted octanol–water partition coefficient (Wildman–Crippen LogP) is 4.14. The van der Waals surface area contributed by atoms with Gasteiger partial charge in [-0.3, -0.25) is 0 Å². The van der Waals surface area contributed by atoms with E-state index >= 15 is 0 Å². The summed E-state index contributed by atoms with van der Waals surface area (Å²) in [5.74, 6) is -0.292. The van der Waals surface area contributed by atoms with Crippen LogP contribution in [0, 0.1) is 17.1 Å². The van der Waals surface area contributed by atoms with Crippen LogP contribution in [0.4, 0.5) is 4.39 Å². The smallest absolute Gasteiger partial charge is 0.214 e. The molecule has 0 bridgehead atoms. The molecule has 4 aromatic rings. The van der Waals surface area contributed by atoms with Gasteiger partial charge in [0.1, 0.15) is 22.6 Å². The predicted molar refractivity (Wildman–Crippen MR) is 86.4 cm³/mol. The van der Waals surface area contributed by atoms with Gasteiger partial charge in [-0.05, 0) is 24.3 Å². The van der Waals surface area contributed by atoms with E-state index in [9.17, 15) is 9.65 Å². The van der Waals surface area contributed by atoms with E-state index in [0.717, 1.165) is 11.1 Å². The summed E-state index contributed by atoms with van der Waals surface area (Å²) in [5, 5.41) is 14.6. The molecular formula is C17H9FN4S. The number of nitrogens with zero attached hydrogens (tertiary/aromatic N) is 4. The molecule has 2 aromatic carbocycles. The van der Waals surface area contributed by atoms with Gasteiger partial charge in [-0.15, -0.1) is 0 Å². The van der Waals surface area contributed by atoms with Gasteiger partial charge >= 0.3 is 0 Å². The van der Waals surface area contributed by atoms with Crippen molar-refractivity contribution in [1.29, 1.82) is 5.26 Å². The second-order valence-corrected chi connectivity index (χ2v) is 5.85. The van der Waals surface area contributed by atoms with E-state index < -0.39 is 0 Å². The first-order chi connectivity index (χ1) is 11.3. The SMILES string of the molecule is N#Cc1c(-c2ccccc2)nc2sc(-c3ccc(F)cc3)nn12. The van der Waals surface area contributed by atoms with Crippen molar-refractivity contribution in [1.82, 2.24) is 14.6 Å². The maximum atomic E-state index is 13.0. The van der Waals surface area contributed by atoms with Gasteiger partial charge in [0.15, 0.2) is 5.69 Å². The molecule has 0 N–H and O–H groups in total. The van der Waals surface area contributed by atoms with Gasteiger partial charge in [0.05, 0.1) is 0 Å². The topological polar surface area (TPSA) is 54.0 Å². The Labute approximate surface area is 135 Å². The maximum Gasteiger partial charge on any atom is 0.214 e. The fourth-order valence-corrected chi connectivity index (χ4v) is 3.26. The van der Waals surface area contributed by atoms with Crippen molar-refractivity contribution in [3.8, 4) is 27.9 Å². The molecule has 0 atom stereocenters. The number of halogens is 1. The van der Waals surface area contributed by atoms with Crippen LogP contribution in [-0.4, -0.2) is 14.6 Å². The van der Waals surface area contributed by atoms with Crippen molar-refractivity contribution >= 4 is 16.3 Å². The largest absolute Gasteiger partial charge is 0.216 e. The van der Waals surface area contributed by atoms with Crippen LogP contribution in [0.15, 0.2) is 54.6 Å². The highest BCUT2D eigenvalue weighted by atomic mass is 32.1. The molecule has 0 spiro atoms. The van der Waals surface area contributed by atoms with E-state index in [1.165, 1.54) is 23.5 Å². The standard InChI is InChI=1S/C17H9FN4S/c18-13-8-6-12(7-9-13)16-21-22-14(10-19)15(20-17(22)23-16)11-4-2-1-3-5-11/h1-9H. The number of benzene rings is 2. The fraction of sp³-hybridized carbons (Fsp3) is 0. The molecular weight excluding hydrogens is 311 g/mol. The van der Waals surface area contributed by atoms with E-state index in [1.54, 1.807) is 16.6 Å². The van der Waals surface area contributed by atoms with Crippen LogP contribution < -0.4 is 0 Å². The van der Waals surface area contributed by atoms with Gasteiger partial charge in [-0.25, -0.2) is 9.37 Å². The van der Waals surface area contributed by atoms with E-state index in [2.05, 4.69) is 16.2 Å². The molecule has 2 aromatic heterocycles. The summed E-state index contributed by atoms with van der Waals surface area (Å²) in [6.07, 6.45) is 0. The van der Waals surface area contributed by atoms with Crippen molar-refractivity contribution < 1.29 is 4.39 Å². The summed E-state index contributed by atoms with van der Waals surface area (Å²) >= 11 is 1.37. The third kappa shape index (κ3) is 2.28. The molecule has 0 radical (unpaired) electrons. The lowest BCUT2D eigenvalue weighted by atomic mass is 10.1. The van der Waals surface area contributed by atoms with Crippen LogP contribution in [0.3, 0.4) is 0 Å². The number of fused-ring (bicyclic) bond motifs is 1. The third-order valence-electron chi connectivity index (χ3n) is 3.45. The summed E-state index contributed by atoms with van der Waals surface area (Å²) in [4.78, 5) is 5.18. The summed E-state index contributed by atoms with van der Waals surface area (Å²) in [6, 6.07) is 17.8. The average molecular weight is 320 g/mol. The maximum absolute atomic E-state index is 13.0. The zero-order valence-electron chi connectivity index (χ0n) is 11.8. The average Bonchev–Trinajstić information content (AvgIpc) is 3.13. The zero-order chi connectivity index (χ0) is 15.8. The minimum Gasteiger partial charge on any atom is -0.216 e. The molecule has 0 aliphatic rings. The third-order valence-corrected chi connectivity index (χ3v) is 4.41. The molecule has 4 rings (SSSR count). The Morgan fingerprint density at radius 3 is 2.43 bits per heavy atom. The van der Waals surface area contributed by atoms with Crippen molar-refractivity contribution in [2.75, 3.05) is 0 Å². The number of rotatable bonds is 2. The first kappa shape index (κ1) is 13.6. The number of hydrogen-bond donors (Lipinski definition) is 0. The van der Waals surface area contributed by atoms with Crippen molar-refractivity contribution in [3.05, 3.63) is 66.1 Å². The van der Waals surface area contributed by atoms with Crippen molar-refractivity contribution in [2.45, 2.75) is 0 Å². The lowest BCUT2D eigenvalue weighted by molar-refractivity contribution is 0.628. The number of aromatic nitrogens is 3. The summed E-state index contributed by atoms with van der Waals surface area (Å²) in [5.41, 5.74) is 2.70. The molecule has 0 aliphatic heterocycles. The van der Waals surface area contributed by atoms with Gasteiger partial charge in [0, 0.05) is 11.1 Å². The molecule has 0 saturated heterocycles. The molecule has 0 fully saturated rings. The number of imidazole rings is 1. The molecule has 110 valence electrons. The Kier molecular flexibility index (Phi) is 3.14. The van der Waals surface area contributed by atoms with Gasteiger partial charge in [-0.1, -0.05) is 41.7 Å². The first-order valence-electron chi connectivity index (χ1n) is 6.87. The second kappa shape index (κ2) is 5.30. The van der Waals surface area contributed by atoms with E-state index in [4.69, 9.17) is 0 Å². The molecule has 2 heterocycles. The summed E-state index contributed by atoms with van der Waals surface area (Å²) in [6.45, 7) is 0. The molecule has 0 amide bonds. The monoisotopic (exact) mass is 320 g/mol. The lowest BCUT2D eigenvalue weighted by Crippen LogP contribution is -1.91. The van der Waals surface area contributed by atoms with E-state index in [0.29, 0.717) is 21.4 Å². The number of hydrogen-bond acceptors (Lipinski definition) is 4. The van der Waals surface area contributed by atoms with Crippen LogP contribution in [0.5, 0.6) is 0 Å². The highest BCUT2D eigenvalue weighted by molar-refractivity contribution is 7.19.